The molecule has 1 aliphatic carbocycles. The van der Waals surface area contributed by atoms with Crippen molar-refractivity contribution in [2.45, 2.75) is 46.0 Å². The van der Waals surface area contributed by atoms with Gasteiger partial charge in [0, 0.05) is 11.3 Å². The summed E-state index contributed by atoms with van der Waals surface area (Å²) < 4.78 is 11.2. The SMILES string of the molecule is CCOC(=O)c1ccc(Oc2nc(CC)nc3sc4c(c23)CCCC4)cc1. The second-order valence-corrected chi connectivity index (χ2v) is 7.62. The number of esters is 1. The zero-order chi connectivity index (χ0) is 18.8. The minimum absolute atomic E-state index is 0.325. The topological polar surface area (TPSA) is 61.3 Å². The minimum Gasteiger partial charge on any atom is -0.462 e. The van der Waals surface area contributed by atoms with Gasteiger partial charge in [-0.05, 0) is 62.4 Å². The van der Waals surface area contributed by atoms with Crippen LogP contribution in [0.4, 0.5) is 0 Å². The van der Waals surface area contributed by atoms with E-state index in [4.69, 9.17) is 14.5 Å². The van der Waals surface area contributed by atoms with Gasteiger partial charge in [0.1, 0.15) is 16.4 Å². The number of fused-ring (bicyclic) bond motifs is 3. The van der Waals surface area contributed by atoms with Crippen molar-refractivity contribution in [2.75, 3.05) is 6.61 Å². The number of hydrogen-bond acceptors (Lipinski definition) is 6. The first kappa shape index (κ1) is 17.9. The molecular weight excluding hydrogens is 360 g/mol. The van der Waals surface area contributed by atoms with E-state index in [0.717, 1.165) is 35.3 Å². The maximum Gasteiger partial charge on any atom is 0.338 e. The molecule has 0 unspecified atom stereocenters. The summed E-state index contributed by atoms with van der Waals surface area (Å²) >= 11 is 1.77. The Hall–Kier alpha value is -2.47. The fourth-order valence-corrected chi connectivity index (χ4v) is 4.65. The molecule has 0 radical (unpaired) electrons. The van der Waals surface area contributed by atoms with Gasteiger partial charge < -0.3 is 9.47 Å². The molecule has 0 amide bonds. The van der Waals surface area contributed by atoms with Crippen LogP contribution in [0.2, 0.25) is 0 Å². The molecule has 5 nitrogen and oxygen atoms in total. The fourth-order valence-electron chi connectivity index (χ4n) is 3.38. The quantitative estimate of drug-likeness (QED) is 0.575. The van der Waals surface area contributed by atoms with Crippen LogP contribution in [0.1, 0.15) is 53.3 Å². The van der Waals surface area contributed by atoms with Crippen LogP contribution in [-0.2, 0) is 24.0 Å². The zero-order valence-electron chi connectivity index (χ0n) is 15.6. The Morgan fingerprint density at radius 1 is 1.11 bits per heavy atom. The number of nitrogens with zero attached hydrogens (tertiary/aromatic N) is 2. The van der Waals surface area contributed by atoms with Crippen molar-refractivity contribution in [3.05, 3.63) is 46.1 Å². The summed E-state index contributed by atoms with van der Waals surface area (Å²) in [5.74, 6) is 1.74. The highest BCUT2D eigenvalue weighted by Gasteiger charge is 2.22. The second-order valence-electron chi connectivity index (χ2n) is 6.54. The average molecular weight is 382 g/mol. The summed E-state index contributed by atoms with van der Waals surface area (Å²) in [7, 11) is 0. The Kier molecular flexibility index (Phi) is 5.07. The Balaban J connectivity index is 1.70. The van der Waals surface area contributed by atoms with Crippen LogP contribution in [0.5, 0.6) is 11.6 Å². The normalized spacial score (nSPS) is 13.4. The van der Waals surface area contributed by atoms with Gasteiger partial charge in [-0.2, -0.15) is 4.98 Å². The lowest BCUT2D eigenvalue weighted by Crippen LogP contribution is -2.04. The average Bonchev–Trinajstić information content (AvgIpc) is 3.07. The number of ether oxygens (including phenoxy) is 2. The third-order valence-electron chi connectivity index (χ3n) is 4.72. The molecule has 0 N–H and O–H groups in total. The monoisotopic (exact) mass is 382 g/mol. The molecule has 1 aromatic carbocycles. The van der Waals surface area contributed by atoms with E-state index in [1.165, 1.54) is 23.3 Å². The van der Waals surface area contributed by atoms with E-state index in [-0.39, 0.29) is 5.97 Å². The molecule has 0 spiro atoms. The molecule has 0 saturated heterocycles. The van der Waals surface area contributed by atoms with Crippen molar-refractivity contribution < 1.29 is 14.3 Å². The lowest BCUT2D eigenvalue weighted by atomic mass is 9.97. The van der Waals surface area contributed by atoms with Crippen LogP contribution in [-0.4, -0.2) is 22.5 Å². The predicted molar refractivity (Wildman–Crippen MR) is 106 cm³/mol. The van der Waals surface area contributed by atoms with E-state index < -0.39 is 0 Å². The molecular formula is C21H22N2O3S. The first-order valence-electron chi connectivity index (χ1n) is 9.45. The number of thiophene rings is 1. The summed E-state index contributed by atoms with van der Waals surface area (Å²) in [6, 6.07) is 7.00. The largest absolute Gasteiger partial charge is 0.462 e. The van der Waals surface area contributed by atoms with Gasteiger partial charge in [-0.15, -0.1) is 11.3 Å². The van der Waals surface area contributed by atoms with Crippen molar-refractivity contribution >= 4 is 27.5 Å². The van der Waals surface area contributed by atoms with Gasteiger partial charge in [0.25, 0.3) is 0 Å². The van der Waals surface area contributed by atoms with Crippen molar-refractivity contribution in [1.82, 2.24) is 9.97 Å². The van der Waals surface area contributed by atoms with Crippen LogP contribution >= 0.6 is 11.3 Å². The molecule has 0 saturated carbocycles. The summed E-state index contributed by atoms with van der Waals surface area (Å²) in [6.45, 7) is 4.20. The molecule has 4 rings (SSSR count). The third kappa shape index (κ3) is 3.54. The Labute approximate surface area is 162 Å². The van der Waals surface area contributed by atoms with Crippen molar-refractivity contribution in [2.24, 2.45) is 0 Å². The van der Waals surface area contributed by atoms with Gasteiger partial charge in [-0.1, -0.05) is 6.92 Å². The molecule has 27 heavy (non-hydrogen) atoms. The number of benzene rings is 1. The zero-order valence-corrected chi connectivity index (χ0v) is 16.4. The van der Waals surface area contributed by atoms with Gasteiger partial charge in [-0.25, -0.2) is 9.78 Å². The lowest BCUT2D eigenvalue weighted by Gasteiger charge is -2.12. The van der Waals surface area contributed by atoms with E-state index in [0.29, 0.717) is 23.8 Å². The van der Waals surface area contributed by atoms with Gasteiger partial charge in [0.2, 0.25) is 5.88 Å². The maximum absolute atomic E-state index is 11.8. The van der Waals surface area contributed by atoms with E-state index in [1.807, 2.05) is 6.92 Å². The molecule has 140 valence electrons. The summed E-state index contributed by atoms with van der Waals surface area (Å²) in [5, 5.41) is 1.06. The van der Waals surface area contributed by atoms with E-state index >= 15 is 0 Å². The highest BCUT2D eigenvalue weighted by atomic mass is 32.1. The molecule has 2 aromatic heterocycles. The van der Waals surface area contributed by atoms with Crippen molar-refractivity contribution in [3.8, 4) is 11.6 Å². The number of carbonyl (C=O) groups excluding carboxylic acids is 1. The molecule has 0 aliphatic heterocycles. The first-order valence-corrected chi connectivity index (χ1v) is 10.3. The molecule has 2 heterocycles. The van der Waals surface area contributed by atoms with E-state index in [1.54, 1.807) is 42.5 Å². The van der Waals surface area contributed by atoms with Gasteiger partial charge in [-0.3, -0.25) is 0 Å². The second kappa shape index (κ2) is 7.64. The van der Waals surface area contributed by atoms with Gasteiger partial charge in [0.05, 0.1) is 17.6 Å². The predicted octanol–water partition coefficient (Wildman–Crippen LogP) is 5.10. The van der Waals surface area contributed by atoms with Crippen LogP contribution in [0.25, 0.3) is 10.2 Å². The highest BCUT2D eigenvalue weighted by Crippen LogP contribution is 2.40. The Bertz CT molecular complexity index is 979. The fraction of sp³-hybridized carbons (Fsp3) is 0.381. The Morgan fingerprint density at radius 3 is 2.63 bits per heavy atom. The van der Waals surface area contributed by atoms with Crippen LogP contribution < -0.4 is 4.74 Å². The summed E-state index contributed by atoms with van der Waals surface area (Å²) in [6.07, 6.45) is 5.37. The number of rotatable bonds is 5. The molecule has 0 atom stereocenters. The van der Waals surface area contributed by atoms with Crippen LogP contribution in [0.15, 0.2) is 24.3 Å². The number of hydrogen-bond donors (Lipinski definition) is 0. The third-order valence-corrected chi connectivity index (χ3v) is 5.91. The Morgan fingerprint density at radius 2 is 1.89 bits per heavy atom. The lowest BCUT2D eigenvalue weighted by molar-refractivity contribution is 0.0526. The molecule has 0 fully saturated rings. The van der Waals surface area contributed by atoms with Crippen LogP contribution in [0.3, 0.4) is 0 Å². The van der Waals surface area contributed by atoms with E-state index in [9.17, 15) is 4.79 Å². The molecule has 0 bridgehead atoms. The smallest absolute Gasteiger partial charge is 0.338 e. The van der Waals surface area contributed by atoms with Crippen LogP contribution in [0, 0.1) is 0 Å². The number of aromatic nitrogens is 2. The van der Waals surface area contributed by atoms with Crippen molar-refractivity contribution in [3.63, 3.8) is 0 Å². The standard InChI is InChI=1S/C21H22N2O3S/c1-3-17-22-19(18-15-7-5-6-8-16(15)27-20(18)23-17)26-14-11-9-13(10-12-14)21(24)25-4-2/h9-12H,3-8H2,1-2H3. The number of aryl methyl sites for hydroxylation is 3. The molecule has 6 heteroatoms. The van der Waals surface area contributed by atoms with Gasteiger partial charge in [0.15, 0.2) is 0 Å². The summed E-state index contributed by atoms with van der Waals surface area (Å²) in [4.78, 5) is 23.6. The highest BCUT2D eigenvalue weighted by molar-refractivity contribution is 7.18. The summed E-state index contributed by atoms with van der Waals surface area (Å²) in [5.41, 5.74) is 1.86. The van der Waals surface area contributed by atoms with Crippen molar-refractivity contribution in [1.29, 1.82) is 0 Å². The molecule has 3 aromatic rings. The molecule has 1 aliphatic rings. The minimum atomic E-state index is -0.325. The maximum atomic E-state index is 11.8. The first-order chi connectivity index (χ1) is 13.2. The van der Waals surface area contributed by atoms with Gasteiger partial charge >= 0.3 is 5.97 Å². The number of carbonyl (C=O) groups is 1. The van der Waals surface area contributed by atoms with E-state index in [2.05, 4.69) is 4.98 Å².